The first-order valence-corrected chi connectivity index (χ1v) is 7.48. The molecular formula is C15H12FNO2S. The second kappa shape index (κ2) is 4.45. The van der Waals surface area contributed by atoms with E-state index in [1.807, 2.05) is 0 Å². The topological polar surface area (TPSA) is 38.7 Å². The molecule has 1 saturated carbocycles. The molecule has 0 radical (unpaired) electrons. The molecular weight excluding hydrogens is 277 g/mol. The van der Waals surface area contributed by atoms with E-state index in [9.17, 15) is 9.18 Å². The highest BCUT2D eigenvalue weighted by Crippen LogP contribution is 2.51. The van der Waals surface area contributed by atoms with Gasteiger partial charge in [0.25, 0.3) is 0 Å². The van der Waals surface area contributed by atoms with Crippen molar-refractivity contribution in [2.75, 3.05) is 0 Å². The molecule has 1 aromatic carbocycles. The Bertz CT molecular complexity index is 650. The number of benzene rings is 1. The molecule has 0 spiro atoms. The fourth-order valence-corrected chi connectivity index (χ4v) is 4.13. The van der Waals surface area contributed by atoms with Crippen molar-refractivity contribution in [1.82, 2.24) is 0 Å². The molecule has 0 amide bonds. The monoisotopic (exact) mass is 289 g/mol. The molecule has 3 nitrogen and oxygen atoms in total. The molecule has 3 aliphatic rings. The molecule has 20 heavy (non-hydrogen) atoms. The van der Waals surface area contributed by atoms with Gasteiger partial charge in [0, 0.05) is 29.3 Å². The second-order valence-electron chi connectivity index (χ2n) is 5.30. The van der Waals surface area contributed by atoms with Crippen molar-refractivity contribution >= 4 is 23.6 Å². The van der Waals surface area contributed by atoms with E-state index in [2.05, 4.69) is 4.40 Å². The number of carbonyl (C=O) groups excluding carboxylic acids is 1. The molecule has 4 rings (SSSR count). The fraction of sp³-hybridized carbons (Fsp3) is 0.333. The van der Waals surface area contributed by atoms with Gasteiger partial charge in [-0.25, -0.2) is 4.39 Å². The number of ketones is 1. The van der Waals surface area contributed by atoms with Gasteiger partial charge >= 0.3 is 0 Å². The Morgan fingerprint density at radius 1 is 1.20 bits per heavy atom. The average molecular weight is 289 g/mol. The van der Waals surface area contributed by atoms with Crippen molar-refractivity contribution in [1.29, 1.82) is 0 Å². The van der Waals surface area contributed by atoms with Gasteiger partial charge in [-0.1, -0.05) is 6.42 Å². The largest absolute Gasteiger partial charge is 0.433 e. The zero-order chi connectivity index (χ0) is 13.7. The summed E-state index contributed by atoms with van der Waals surface area (Å²) in [6.45, 7) is 0. The van der Waals surface area contributed by atoms with Crippen LogP contribution in [0.25, 0.3) is 0 Å². The third-order valence-electron chi connectivity index (χ3n) is 4.15. The minimum Gasteiger partial charge on any atom is -0.433 e. The summed E-state index contributed by atoms with van der Waals surface area (Å²) in [7, 11) is 0. The minimum atomic E-state index is -0.302. The van der Waals surface area contributed by atoms with Gasteiger partial charge in [-0.2, -0.15) is 4.40 Å². The molecule has 1 fully saturated rings. The highest BCUT2D eigenvalue weighted by Gasteiger charge is 2.47. The van der Waals surface area contributed by atoms with Crippen molar-refractivity contribution in [3.63, 3.8) is 0 Å². The zero-order valence-corrected chi connectivity index (χ0v) is 11.5. The molecule has 2 aliphatic carbocycles. The Balaban J connectivity index is 1.63. The molecule has 1 aromatic rings. The van der Waals surface area contributed by atoms with Crippen LogP contribution in [0, 0.1) is 17.7 Å². The first-order valence-electron chi connectivity index (χ1n) is 6.71. The van der Waals surface area contributed by atoms with Gasteiger partial charge in [0.1, 0.15) is 5.82 Å². The van der Waals surface area contributed by atoms with Gasteiger partial charge in [0.2, 0.25) is 11.7 Å². The van der Waals surface area contributed by atoms with Crippen LogP contribution in [0.5, 0.6) is 0 Å². The van der Waals surface area contributed by atoms with Gasteiger partial charge in [0.05, 0.1) is 4.91 Å². The smallest absolute Gasteiger partial charge is 0.233 e. The lowest BCUT2D eigenvalue weighted by Gasteiger charge is -2.16. The second-order valence-corrected chi connectivity index (χ2v) is 6.10. The van der Waals surface area contributed by atoms with Crippen LogP contribution in [0.15, 0.2) is 39.3 Å². The molecule has 1 aliphatic heterocycles. The Hall–Kier alpha value is -1.62. The molecule has 102 valence electrons. The van der Waals surface area contributed by atoms with E-state index < -0.39 is 0 Å². The third-order valence-corrected chi connectivity index (χ3v) is 5.10. The number of halogens is 1. The number of rotatable bonds is 1. The van der Waals surface area contributed by atoms with Crippen molar-refractivity contribution < 1.29 is 13.9 Å². The minimum absolute atomic E-state index is 0.0928. The predicted octanol–water partition coefficient (Wildman–Crippen LogP) is 3.46. The van der Waals surface area contributed by atoms with Crippen LogP contribution in [0.3, 0.4) is 0 Å². The standard InChI is InChI=1S/C15H12FNO2S/c16-9-6-4-8(5-7-9)15-17-20-14-11-3-1-2-10(11)12(18)13(14)19-15/h4-7,10-11H,1-3H2. The molecule has 2 unspecified atom stereocenters. The Labute approximate surface area is 120 Å². The number of hydrogen-bond acceptors (Lipinski definition) is 4. The zero-order valence-electron chi connectivity index (χ0n) is 10.6. The van der Waals surface area contributed by atoms with Crippen molar-refractivity contribution in [3.05, 3.63) is 46.3 Å². The summed E-state index contributed by atoms with van der Waals surface area (Å²) in [6.07, 6.45) is 3.10. The third kappa shape index (κ3) is 1.73. The summed E-state index contributed by atoms with van der Waals surface area (Å²) in [6, 6.07) is 5.95. The summed E-state index contributed by atoms with van der Waals surface area (Å²) in [5.41, 5.74) is 0.690. The lowest BCUT2D eigenvalue weighted by molar-refractivity contribution is -0.120. The average Bonchev–Trinajstić information content (AvgIpc) is 3.04. The summed E-state index contributed by atoms with van der Waals surface area (Å²) in [5, 5.41) is 0. The van der Waals surface area contributed by atoms with E-state index in [0.29, 0.717) is 23.1 Å². The SMILES string of the molecule is O=C1C2=C(SN=C(c3ccc(F)cc3)O2)C2CCCC12. The van der Waals surface area contributed by atoms with Crippen LogP contribution in [0.1, 0.15) is 24.8 Å². The van der Waals surface area contributed by atoms with Crippen LogP contribution in [-0.4, -0.2) is 11.7 Å². The normalized spacial score (nSPS) is 28.1. The molecule has 0 saturated heterocycles. The van der Waals surface area contributed by atoms with Crippen LogP contribution in [0.2, 0.25) is 0 Å². The van der Waals surface area contributed by atoms with E-state index in [1.54, 1.807) is 12.1 Å². The first-order chi connectivity index (χ1) is 9.74. The van der Waals surface area contributed by atoms with Gasteiger partial charge in [-0.3, -0.25) is 4.79 Å². The van der Waals surface area contributed by atoms with Gasteiger partial charge < -0.3 is 4.74 Å². The predicted molar refractivity (Wildman–Crippen MR) is 74.5 cm³/mol. The van der Waals surface area contributed by atoms with E-state index in [4.69, 9.17) is 4.74 Å². The summed E-state index contributed by atoms with van der Waals surface area (Å²) in [4.78, 5) is 13.3. The first kappa shape index (κ1) is 12.1. The molecule has 2 atom stereocenters. The van der Waals surface area contributed by atoms with Gasteiger partial charge in [0.15, 0.2) is 5.76 Å². The molecule has 5 heteroatoms. The van der Waals surface area contributed by atoms with Crippen molar-refractivity contribution in [2.45, 2.75) is 19.3 Å². The number of nitrogens with zero attached hydrogens (tertiary/aromatic N) is 1. The summed E-state index contributed by atoms with van der Waals surface area (Å²) in [5.74, 6) is 1.08. The number of fused-ring (bicyclic) bond motifs is 2. The van der Waals surface area contributed by atoms with E-state index in [0.717, 1.165) is 24.2 Å². The van der Waals surface area contributed by atoms with E-state index in [1.165, 1.54) is 24.1 Å². The molecule has 0 aromatic heterocycles. The number of allylic oxidation sites excluding steroid dienone is 2. The quantitative estimate of drug-likeness (QED) is 0.743. The highest BCUT2D eigenvalue weighted by atomic mass is 32.2. The number of Topliss-reactive ketones (excluding diaryl/α,β-unsaturated/α-hetero) is 1. The van der Waals surface area contributed by atoms with Crippen molar-refractivity contribution in [3.8, 4) is 0 Å². The Morgan fingerprint density at radius 2 is 1.95 bits per heavy atom. The number of hydrogen-bond donors (Lipinski definition) is 0. The Kier molecular flexibility index (Phi) is 2.70. The van der Waals surface area contributed by atoms with E-state index in [-0.39, 0.29) is 17.5 Å². The lowest BCUT2D eigenvalue weighted by Crippen LogP contribution is -2.16. The van der Waals surface area contributed by atoms with Crippen LogP contribution in [0.4, 0.5) is 4.39 Å². The molecule has 0 bridgehead atoms. The lowest BCUT2D eigenvalue weighted by atomic mass is 9.99. The maximum absolute atomic E-state index is 12.9. The van der Waals surface area contributed by atoms with Crippen LogP contribution < -0.4 is 0 Å². The van der Waals surface area contributed by atoms with Gasteiger partial charge in [-0.05, 0) is 37.1 Å². The molecule has 1 heterocycles. The maximum Gasteiger partial charge on any atom is 0.233 e. The van der Waals surface area contributed by atoms with Gasteiger partial charge in [-0.15, -0.1) is 0 Å². The van der Waals surface area contributed by atoms with Crippen molar-refractivity contribution in [2.24, 2.45) is 16.2 Å². The number of ether oxygens (including phenoxy) is 1. The summed E-state index contributed by atoms with van der Waals surface area (Å²) < 4.78 is 23.0. The summed E-state index contributed by atoms with van der Waals surface area (Å²) >= 11 is 1.35. The van der Waals surface area contributed by atoms with Crippen LogP contribution in [-0.2, 0) is 9.53 Å². The maximum atomic E-state index is 12.9. The Morgan fingerprint density at radius 3 is 2.75 bits per heavy atom. The van der Waals surface area contributed by atoms with Crippen LogP contribution >= 0.6 is 11.9 Å². The highest BCUT2D eigenvalue weighted by molar-refractivity contribution is 8.02. The van der Waals surface area contributed by atoms with E-state index >= 15 is 0 Å². The fourth-order valence-electron chi connectivity index (χ4n) is 3.17. The number of carbonyl (C=O) groups is 1. The molecule has 0 N–H and O–H groups in total.